The maximum atomic E-state index is 11.1. The number of carbonyl (C=O) groups is 1. The molecule has 0 aromatic heterocycles. The fourth-order valence-electron chi connectivity index (χ4n) is 1.01. The van der Waals surface area contributed by atoms with Crippen molar-refractivity contribution in [2.24, 2.45) is 0 Å². The van der Waals surface area contributed by atoms with Crippen molar-refractivity contribution in [3.05, 3.63) is 0 Å². The summed E-state index contributed by atoms with van der Waals surface area (Å²) in [5.41, 5.74) is 0. The van der Waals surface area contributed by atoms with Crippen molar-refractivity contribution >= 4 is 15.9 Å². The van der Waals surface area contributed by atoms with Crippen molar-refractivity contribution in [3.63, 3.8) is 0 Å². The van der Waals surface area contributed by atoms with Gasteiger partial charge in [0.1, 0.15) is 0 Å². The second-order valence-electron chi connectivity index (χ2n) is 2.63. The molecule has 0 saturated carbocycles. The molecule has 0 radical (unpaired) electrons. The van der Waals surface area contributed by atoms with Crippen molar-refractivity contribution in [2.75, 3.05) is 12.8 Å². The van der Waals surface area contributed by atoms with Crippen LogP contribution in [0.4, 0.5) is 0 Å². The first-order valence-corrected chi connectivity index (χ1v) is 5.14. The van der Waals surface area contributed by atoms with E-state index in [4.69, 9.17) is 0 Å². The lowest BCUT2D eigenvalue weighted by atomic mass is 10.2. The Hall–Kier alpha value is -0.580. The highest BCUT2D eigenvalue weighted by molar-refractivity contribution is 7.89. The molecule has 5 heteroatoms. The first kappa shape index (κ1) is 8.52. The highest BCUT2D eigenvalue weighted by atomic mass is 32.2. The molecule has 0 aromatic carbocycles. The zero-order valence-corrected chi connectivity index (χ0v) is 7.23. The van der Waals surface area contributed by atoms with E-state index in [0.29, 0.717) is 19.3 Å². The first-order valence-electron chi connectivity index (χ1n) is 3.53. The van der Waals surface area contributed by atoms with Gasteiger partial charge in [0.2, 0.25) is 15.9 Å². The molecule has 1 heterocycles. The van der Waals surface area contributed by atoms with Crippen LogP contribution in [-0.4, -0.2) is 31.4 Å². The summed E-state index contributed by atoms with van der Waals surface area (Å²) in [7, 11) is -1.94. The van der Waals surface area contributed by atoms with Crippen molar-refractivity contribution in [1.82, 2.24) is 4.31 Å². The summed E-state index contributed by atoms with van der Waals surface area (Å²) in [6.07, 6.45) is 1.64. The maximum absolute atomic E-state index is 11.1. The molecule has 1 aliphatic rings. The number of sulfonamides is 1. The predicted octanol–water partition coefficient (Wildman–Crippen LogP) is -0.0415. The number of rotatable bonds is 0. The third kappa shape index (κ3) is 1.71. The van der Waals surface area contributed by atoms with E-state index in [9.17, 15) is 13.2 Å². The Morgan fingerprint density at radius 1 is 1.36 bits per heavy atom. The molecule has 0 N–H and O–H groups in total. The van der Waals surface area contributed by atoms with Crippen molar-refractivity contribution in [2.45, 2.75) is 19.3 Å². The largest absolute Gasteiger partial charge is 0.274 e. The summed E-state index contributed by atoms with van der Waals surface area (Å²) >= 11 is 0. The van der Waals surface area contributed by atoms with Crippen LogP contribution in [0.1, 0.15) is 19.3 Å². The second kappa shape index (κ2) is 2.81. The second-order valence-corrected chi connectivity index (χ2v) is 4.75. The van der Waals surface area contributed by atoms with Crippen molar-refractivity contribution in [1.29, 1.82) is 0 Å². The number of carbonyl (C=O) groups excluding carboxylic acids is 1. The average molecular weight is 177 g/mol. The molecule has 64 valence electrons. The standard InChI is InChI=1S/C6H11NO3S/c1-7-6(8)4-2-3-5-11(7,9)10/h2-5H2,1H3. The predicted molar refractivity (Wildman–Crippen MR) is 40.4 cm³/mol. The van der Waals surface area contributed by atoms with Crippen LogP contribution >= 0.6 is 0 Å². The van der Waals surface area contributed by atoms with Crippen LogP contribution in [0.2, 0.25) is 0 Å². The molecule has 11 heavy (non-hydrogen) atoms. The Labute approximate surface area is 66.2 Å². The van der Waals surface area contributed by atoms with Gasteiger partial charge in [0.05, 0.1) is 5.75 Å². The van der Waals surface area contributed by atoms with E-state index in [1.165, 1.54) is 7.05 Å². The Bertz CT molecular complexity index is 257. The lowest BCUT2D eigenvalue weighted by Gasteiger charge is -2.12. The molecule has 0 unspecified atom stereocenters. The van der Waals surface area contributed by atoms with Gasteiger partial charge in [0.25, 0.3) is 0 Å². The smallest absolute Gasteiger partial charge is 0.237 e. The molecule has 0 spiro atoms. The molecular weight excluding hydrogens is 166 g/mol. The van der Waals surface area contributed by atoms with Crippen LogP contribution in [0.3, 0.4) is 0 Å². The Morgan fingerprint density at radius 2 is 2.00 bits per heavy atom. The van der Waals surface area contributed by atoms with E-state index >= 15 is 0 Å². The van der Waals surface area contributed by atoms with Gasteiger partial charge in [-0.1, -0.05) is 0 Å². The van der Waals surface area contributed by atoms with Gasteiger partial charge in [-0.05, 0) is 12.8 Å². The average Bonchev–Trinajstić information content (AvgIpc) is 2.03. The number of hydrogen-bond donors (Lipinski definition) is 0. The van der Waals surface area contributed by atoms with Gasteiger partial charge in [-0.2, -0.15) is 0 Å². The normalized spacial score (nSPS) is 24.8. The molecule has 1 aliphatic heterocycles. The zero-order valence-electron chi connectivity index (χ0n) is 6.41. The molecule has 1 saturated heterocycles. The monoisotopic (exact) mass is 177 g/mol. The zero-order chi connectivity index (χ0) is 8.48. The molecule has 4 nitrogen and oxygen atoms in total. The Balaban J connectivity index is 2.91. The molecule has 1 fully saturated rings. The number of hydrogen-bond acceptors (Lipinski definition) is 3. The van der Waals surface area contributed by atoms with Crippen LogP contribution in [0.25, 0.3) is 0 Å². The van der Waals surface area contributed by atoms with Crippen molar-refractivity contribution < 1.29 is 13.2 Å². The van der Waals surface area contributed by atoms with Gasteiger partial charge in [-0.15, -0.1) is 0 Å². The Morgan fingerprint density at radius 3 is 2.64 bits per heavy atom. The SMILES string of the molecule is CN1C(=O)CCCCS1(=O)=O. The van der Waals surface area contributed by atoms with Crippen LogP contribution in [0.15, 0.2) is 0 Å². The number of nitrogens with zero attached hydrogens (tertiary/aromatic N) is 1. The molecule has 1 amide bonds. The van der Waals surface area contributed by atoms with E-state index in [2.05, 4.69) is 0 Å². The molecule has 0 aliphatic carbocycles. The van der Waals surface area contributed by atoms with Gasteiger partial charge in [-0.25, -0.2) is 12.7 Å². The van der Waals surface area contributed by atoms with E-state index < -0.39 is 10.0 Å². The Kier molecular flexibility index (Phi) is 2.17. The number of amides is 1. The summed E-state index contributed by atoms with van der Waals surface area (Å²) in [5, 5.41) is 0. The third-order valence-corrected chi connectivity index (χ3v) is 3.65. The highest BCUT2D eigenvalue weighted by Gasteiger charge is 2.25. The van der Waals surface area contributed by atoms with Gasteiger partial charge in [0, 0.05) is 13.5 Å². The van der Waals surface area contributed by atoms with E-state index in [1.807, 2.05) is 0 Å². The van der Waals surface area contributed by atoms with Crippen LogP contribution in [-0.2, 0) is 14.8 Å². The molecular formula is C6H11NO3S. The fraction of sp³-hybridized carbons (Fsp3) is 0.833. The summed E-state index contributed by atoms with van der Waals surface area (Å²) in [6.45, 7) is 0. The van der Waals surface area contributed by atoms with E-state index in [-0.39, 0.29) is 11.7 Å². The molecule has 1 rings (SSSR count). The lowest BCUT2D eigenvalue weighted by molar-refractivity contribution is -0.125. The van der Waals surface area contributed by atoms with Crippen LogP contribution < -0.4 is 0 Å². The quantitative estimate of drug-likeness (QED) is 0.521. The fourth-order valence-corrected chi connectivity index (χ4v) is 2.25. The summed E-state index contributed by atoms with van der Waals surface area (Å²) in [4.78, 5) is 11.0. The summed E-state index contributed by atoms with van der Waals surface area (Å²) < 4.78 is 23.1. The summed E-state index contributed by atoms with van der Waals surface area (Å²) in [6, 6.07) is 0. The molecule has 0 bridgehead atoms. The molecule has 0 aromatic rings. The topological polar surface area (TPSA) is 54.5 Å². The minimum Gasteiger partial charge on any atom is -0.274 e. The summed E-state index contributed by atoms with van der Waals surface area (Å²) in [5.74, 6) is -0.183. The van der Waals surface area contributed by atoms with Crippen LogP contribution in [0.5, 0.6) is 0 Å². The third-order valence-electron chi connectivity index (χ3n) is 1.81. The van der Waals surface area contributed by atoms with E-state index in [0.717, 1.165) is 4.31 Å². The van der Waals surface area contributed by atoms with Gasteiger partial charge in [0.15, 0.2) is 0 Å². The molecule has 0 atom stereocenters. The highest BCUT2D eigenvalue weighted by Crippen LogP contribution is 2.12. The lowest BCUT2D eigenvalue weighted by Crippen LogP contribution is -2.32. The van der Waals surface area contributed by atoms with Gasteiger partial charge >= 0.3 is 0 Å². The first-order chi connectivity index (χ1) is 5.04. The minimum atomic E-state index is -3.26. The maximum Gasteiger partial charge on any atom is 0.237 e. The van der Waals surface area contributed by atoms with Gasteiger partial charge < -0.3 is 0 Å². The minimum absolute atomic E-state index is 0.106. The van der Waals surface area contributed by atoms with Crippen molar-refractivity contribution in [3.8, 4) is 0 Å². The van der Waals surface area contributed by atoms with Crippen LogP contribution in [0, 0.1) is 0 Å². The van der Waals surface area contributed by atoms with E-state index in [1.54, 1.807) is 0 Å². The van der Waals surface area contributed by atoms with Gasteiger partial charge in [-0.3, -0.25) is 4.79 Å².